The molecular weight excluding hydrogens is 450 g/mol. The third-order valence-electron chi connectivity index (χ3n) is 3.83. The van der Waals surface area contributed by atoms with E-state index in [9.17, 15) is 4.79 Å². The molecule has 0 N–H and O–H groups in total. The Hall–Kier alpha value is -0.320. The summed E-state index contributed by atoms with van der Waals surface area (Å²) in [4.78, 5) is 27.0. The number of ether oxygens (including phenoxy) is 1. The van der Waals surface area contributed by atoms with Crippen LogP contribution in [0.25, 0.3) is 15.8 Å². The SMILES string of the molecule is CC1=C(c2nc3cc(Cl)ccc3s2)CCN(C(=O)OC(C)(C)C)C1.O=C([O-])[O-].[Na+].[Na+]. The number of halogens is 1. The Morgan fingerprint density at radius 1 is 1.23 bits per heavy atom. The zero-order valence-electron chi connectivity index (χ0n) is 18.1. The van der Waals surface area contributed by atoms with Crippen molar-refractivity contribution in [3.63, 3.8) is 0 Å². The van der Waals surface area contributed by atoms with E-state index in [1.165, 1.54) is 5.57 Å². The van der Waals surface area contributed by atoms with E-state index in [2.05, 4.69) is 6.92 Å². The Labute approximate surface area is 229 Å². The van der Waals surface area contributed by atoms with E-state index in [-0.39, 0.29) is 65.2 Å². The van der Waals surface area contributed by atoms with Crippen LogP contribution in [0.1, 0.15) is 39.1 Å². The van der Waals surface area contributed by atoms with E-state index in [0.29, 0.717) is 18.1 Å². The molecule has 0 unspecified atom stereocenters. The second kappa shape index (κ2) is 12.6. The number of carbonyl (C=O) groups is 2. The first-order chi connectivity index (χ1) is 13.0. The second-order valence-corrected chi connectivity index (χ2v) is 8.76. The van der Waals surface area contributed by atoms with Gasteiger partial charge in [-0.15, -0.1) is 11.3 Å². The van der Waals surface area contributed by atoms with Crippen molar-refractivity contribution in [2.75, 3.05) is 13.1 Å². The molecule has 0 saturated heterocycles. The van der Waals surface area contributed by atoms with Crippen molar-refractivity contribution < 1.29 is 83.7 Å². The smallest absolute Gasteiger partial charge is 0.652 e. The van der Waals surface area contributed by atoms with Gasteiger partial charge in [-0.25, -0.2) is 9.78 Å². The Morgan fingerprint density at radius 2 is 1.83 bits per heavy atom. The maximum atomic E-state index is 12.2. The van der Waals surface area contributed by atoms with Gasteiger partial charge in [-0.1, -0.05) is 11.6 Å². The van der Waals surface area contributed by atoms with E-state index in [1.807, 2.05) is 39.0 Å². The molecular formula is C19H21ClN2Na2O5S. The van der Waals surface area contributed by atoms with Gasteiger partial charge in [-0.2, -0.15) is 0 Å². The minimum atomic E-state index is -2.33. The van der Waals surface area contributed by atoms with Gasteiger partial charge in [0, 0.05) is 18.1 Å². The number of hydrogen-bond donors (Lipinski definition) is 0. The number of fused-ring (bicyclic) bond motifs is 1. The fraction of sp³-hybridized carbons (Fsp3) is 0.421. The molecule has 0 spiro atoms. The van der Waals surface area contributed by atoms with Gasteiger partial charge in [0.1, 0.15) is 10.6 Å². The number of thiazole rings is 1. The van der Waals surface area contributed by atoms with Crippen LogP contribution in [-0.4, -0.2) is 40.8 Å². The Balaban J connectivity index is 0.00000129. The quantitative estimate of drug-likeness (QED) is 0.409. The number of amides is 1. The van der Waals surface area contributed by atoms with Gasteiger partial charge in [-0.3, -0.25) is 0 Å². The molecule has 1 aromatic carbocycles. The van der Waals surface area contributed by atoms with E-state index in [4.69, 9.17) is 36.3 Å². The van der Waals surface area contributed by atoms with Crippen LogP contribution in [0.5, 0.6) is 0 Å². The number of carbonyl (C=O) groups excluding carboxylic acids is 2. The van der Waals surface area contributed by atoms with Gasteiger partial charge >= 0.3 is 65.2 Å². The minimum Gasteiger partial charge on any atom is -0.652 e. The third-order valence-corrected chi connectivity index (χ3v) is 5.17. The molecule has 0 fully saturated rings. The Bertz CT molecular complexity index is 923. The molecule has 2 aromatic rings. The summed E-state index contributed by atoms with van der Waals surface area (Å²) in [5.74, 6) is 0. The summed E-state index contributed by atoms with van der Waals surface area (Å²) in [7, 11) is 0. The van der Waals surface area contributed by atoms with Crippen LogP contribution in [0.2, 0.25) is 5.02 Å². The van der Waals surface area contributed by atoms with Gasteiger partial charge in [-0.05, 0) is 69.6 Å². The summed E-state index contributed by atoms with van der Waals surface area (Å²) >= 11 is 7.72. The minimum absolute atomic E-state index is 0. The Kier molecular flexibility index (Phi) is 12.5. The monoisotopic (exact) mass is 470 g/mol. The maximum Gasteiger partial charge on any atom is 1.00 e. The number of benzene rings is 1. The average Bonchev–Trinajstić information content (AvgIpc) is 2.95. The van der Waals surface area contributed by atoms with E-state index in [1.54, 1.807) is 16.2 Å². The average molecular weight is 471 g/mol. The summed E-state index contributed by atoms with van der Waals surface area (Å²) in [5.41, 5.74) is 2.85. The van der Waals surface area contributed by atoms with Crippen LogP contribution in [0.4, 0.5) is 9.59 Å². The number of carboxylic acid groups (broad SMARTS) is 2. The van der Waals surface area contributed by atoms with E-state index < -0.39 is 11.8 Å². The molecule has 0 saturated carbocycles. The van der Waals surface area contributed by atoms with Crippen LogP contribution in [0.3, 0.4) is 0 Å². The van der Waals surface area contributed by atoms with Crippen molar-refractivity contribution >= 4 is 51.0 Å². The molecule has 0 atom stereocenters. The first-order valence-electron chi connectivity index (χ1n) is 8.57. The van der Waals surface area contributed by atoms with Crippen LogP contribution in [0.15, 0.2) is 23.8 Å². The summed E-state index contributed by atoms with van der Waals surface area (Å²) in [6.45, 7) is 8.95. The maximum absolute atomic E-state index is 12.2. The molecule has 11 heteroatoms. The fourth-order valence-corrected chi connectivity index (χ4v) is 3.99. The predicted octanol–water partition coefficient (Wildman–Crippen LogP) is -3.07. The molecule has 152 valence electrons. The number of nitrogens with zero attached hydrogens (tertiary/aromatic N) is 2. The van der Waals surface area contributed by atoms with Gasteiger partial charge in [0.2, 0.25) is 0 Å². The zero-order valence-corrected chi connectivity index (χ0v) is 23.6. The van der Waals surface area contributed by atoms with Gasteiger partial charge in [0.25, 0.3) is 0 Å². The first-order valence-corrected chi connectivity index (χ1v) is 9.76. The molecule has 0 bridgehead atoms. The molecule has 2 heterocycles. The van der Waals surface area contributed by atoms with Crippen LogP contribution in [-0.2, 0) is 4.74 Å². The Morgan fingerprint density at radius 3 is 2.37 bits per heavy atom. The molecule has 30 heavy (non-hydrogen) atoms. The molecule has 0 aliphatic carbocycles. The van der Waals surface area contributed by atoms with E-state index >= 15 is 0 Å². The standard InChI is InChI=1S/C18H21ClN2O2S.CH2O3.2Na/c1-11-10-21(17(22)23-18(2,3)4)8-7-13(11)16-20-14-9-12(19)5-6-15(14)24-16;2-1(3)4;;/h5-6,9H,7-8,10H2,1-4H3;(H2,2,3,4);;/q;;2*+1/p-2. The number of hydrogen-bond acceptors (Lipinski definition) is 7. The summed E-state index contributed by atoms with van der Waals surface area (Å²) in [6, 6.07) is 5.78. The van der Waals surface area contributed by atoms with Crippen molar-refractivity contribution in [3.8, 4) is 0 Å². The molecule has 3 rings (SSSR count). The predicted molar refractivity (Wildman–Crippen MR) is 105 cm³/mol. The summed E-state index contributed by atoms with van der Waals surface area (Å²) < 4.78 is 6.59. The van der Waals surface area contributed by atoms with Crippen LogP contribution in [0, 0.1) is 0 Å². The van der Waals surface area contributed by atoms with Crippen molar-refractivity contribution in [3.05, 3.63) is 33.8 Å². The van der Waals surface area contributed by atoms with Crippen molar-refractivity contribution in [2.24, 2.45) is 0 Å². The molecule has 1 aliphatic heterocycles. The second-order valence-electron chi connectivity index (χ2n) is 7.29. The van der Waals surface area contributed by atoms with Gasteiger partial charge < -0.3 is 24.6 Å². The van der Waals surface area contributed by atoms with Gasteiger partial charge in [0.15, 0.2) is 0 Å². The number of aromatic nitrogens is 1. The number of rotatable bonds is 1. The van der Waals surface area contributed by atoms with Crippen molar-refractivity contribution in [2.45, 2.75) is 39.7 Å². The van der Waals surface area contributed by atoms with Crippen LogP contribution < -0.4 is 69.3 Å². The van der Waals surface area contributed by atoms with Crippen LogP contribution >= 0.6 is 22.9 Å². The van der Waals surface area contributed by atoms with Crippen molar-refractivity contribution in [1.82, 2.24) is 9.88 Å². The van der Waals surface area contributed by atoms with E-state index in [0.717, 1.165) is 27.2 Å². The third kappa shape index (κ3) is 9.04. The molecule has 1 amide bonds. The zero-order chi connectivity index (χ0) is 21.1. The van der Waals surface area contributed by atoms with Gasteiger partial charge in [0.05, 0.1) is 10.2 Å². The summed E-state index contributed by atoms with van der Waals surface area (Å²) in [6.07, 6.45) is -1.80. The molecule has 0 radical (unpaired) electrons. The summed E-state index contributed by atoms with van der Waals surface area (Å²) in [5, 5.41) is 18.4. The molecule has 1 aromatic heterocycles. The van der Waals surface area contributed by atoms with Crippen molar-refractivity contribution in [1.29, 1.82) is 0 Å². The fourth-order valence-electron chi connectivity index (χ4n) is 2.72. The normalized spacial score (nSPS) is 13.6. The first kappa shape index (κ1) is 29.7. The molecule has 1 aliphatic rings. The molecule has 7 nitrogen and oxygen atoms in total. The largest absolute Gasteiger partial charge is 1.00 e. The topological polar surface area (TPSA) is 106 Å².